The van der Waals surface area contributed by atoms with Crippen LogP contribution in [0.3, 0.4) is 0 Å². The SMILES string of the molecule is Cn1nc(Nc2cc(N3CC[C@@](C#N)(C4CC4)C3=O)ccn2)cc1C(=O)NCC(C)(C)O. The first-order valence-electron chi connectivity index (χ1n) is 10.6. The number of amides is 2. The molecule has 0 radical (unpaired) electrons. The maximum absolute atomic E-state index is 13.0. The Morgan fingerprint density at radius 1 is 1.38 bits per heavy atom. The van der Waals surface area contributed by atoms with Crippen LogP contribution in [0.5, 0.6) is 0 Å². The zero-order chi connectivity index (χ0) is 23.1. The Bertz CT molecular complexity index is 1090. The van der Waals surface area contributed by atoms with Crippen LogP contribution in [0.2, 0.25) is 0 Å². The lowest BCUT2D eigenvalue weighted by Gasteiger charge is -2.21. The summed E-state index contributed by atoms with van der Waals surface area (Å²) in [5.74, 6) is 0.565. The zero-order valence-electron chi connectivity index (χ0n) is 18.4. The van der Waals surface area contributed by atoms with E-state index in [1.807, 2.05) is 0 Å². The highest BCUT2D eigenvalue weighted by molar-refractivity contribution is 6.02. The molecule has 2 amide bonds. The molecule has 0 unspecified atom stereocenters. The molecule has 4 rings (SSSR count). The summed E-state index contributed by atoms with van der Waals surface area (Å²) in [6.45, 7) is 3.83. The topological polar surface area (TPSA) is 136 Å². The van der Waals surface area contributed by atoms with Gasteiger partial charge in [-0.05, 0) is 45.1 Å². The van der Waals surface area contributed by atoms with Gasteiger partial charge in [-0.3, -0.25) is 14.3 Å². The molecule has 2 aliphatic rings. The Balaban J connectivity index is 1.48. The summed E-state index contributed by atoms with van der Waals surface area (Å²) in [7, 11) is 1.65. The molecule has 1 atom stereocenters. The standard InChI is InChI=1S/C22H27N7O3/c1-21(2,32)13-25-19(30)16-11-18(27-28(16)3)26-17-10-15(6-8-24-17)29-9-7-22(12-23,20(29)31)14-4-5-14/h6,8,10-11,14,32H,4-5,7,9,13H2,1-3H3,(H,25,30)(H,24,26,27)/t22-/m1/s1. The van der Waals surface area contributed by atoms with E-state index in [0.717, 1.165) is 12.8 Å². The van der Waals surface area contributed by atoms with Gasteiger partial charge in [-0.2, -0.15) is 10.4 Å². The van der Waals surface area contributed by atoms with E-state index in [2.05, 4.69) is 26.8 Å². The number of hydrogen-bond donors (Lipinski definition) is 3. The molecule has 2 aromatic rings. The van der Waals surface area contributed by atoms with Crippen LogP contribution in [0.15, 0.2) is 24.4 Å². The molecule has 0 bridgehead atoms. The van der Waals surface area contributed by atoms with E-state index < -0.39 is 11.0 Å². The molecule has 168 valence electrons. The number of nitriles is 1. The third kappa shape index (κ3) is 4.16. The number of nitrogens with zero attached hydrogens (tertiary/aromatic N) is 5. The van der Waals surface area contributed by atoms with Gasteiger partial charge in [0.15, 0.2) is 5.82 Å². The largest absolute Gasteiger partial charge is 0.389 e. The van der Waals surface area contributed by atoms with Gasteiger partial charge in [0.1, 0.15) is 16.9 Å². The molecule has 1 saturated carbocycles. The zero-order valence-corrected chi connectivity index (χ0v) is 18.4. The number of anilines is 3. The van der Waals surface area contributed by atoms with Crippen LogP contribution in [0.1, 0.15) is 43.6 Å². The van der Waals surface area contributed by atoms with Gasteiger partial charge in [0.05, 0.1) is 11.7 Å². The fraction of sp³-hybridized carbons (Fsp3) is 0.500. The second-order valence-electron chi connectivity index (χ2n) is 9.12. The Morgan fingerprint density at radius 3 is 2.78 bits per heavy atom. The smallest absolute Gasteiger partial charge is 0.269 e. The number of carbonyl (C=O) groups is 2. The molecule has 1 aliphatic carbocycles. The quantitative estimate of drug-likeness (QED) is 0.600. The summed E-state index contributed by atoms with van der Waals surface area (Å²) < 4.78 is 1.44. The van der Waals surface area contributed by atoms with Crippen molar-refractivity contribution < 1.29 is 14.7 Å². The Labute approximate surface area is 186 Å². The summed E-state index contributed by atoms with van der Waals surface area (Å²) in [6.07, 6.45) is 4.00. The number of aromatic nitrogens is 3. The lowest BCUT2D eigenvalue weighted by atomic mass is 9.83. The third-order valence-electron chi connectivity index (χ3n) is 5.94. The molecule has 2 aromatic heterocycles. The van der Waals surface area contributed by atoms with Crippen molar-refractivity contribution in [1.82, 2.24) is 20.1 Å². The Kier molecular flexibility index (Phi) is 5.38. The number of aliphatic hydroxyl groups is 1. The minimum atomic E-state index is -1.02. The van der Waals surface area contributed by atoms with Crippen LogP contribution in [-0.4, -0.2) is 50.4 Å². The molecule has 3 heterocycles. The second-order valence-corrected chi connectivity index (χ2v) is 9.12. The van der Waals surface area contributed by atoms with Crippen LogP contribution in [0, 0.1) is 22.7 Å². The van der Waals surface area contributed by atoms with Gasteiger partial charge in [-0.25, -0.2) is 4.98 Å². The molecule has 32 heavy (non-hydrogen) atoms. The fourth-order valence-corrected chi connectivity index (χ4v) is 4.05. The van der Waals surface area contributed by atoms with Crippen LogP contribution >= 0.6 is 0 Å². The van der Waals surface area contributed by atoms with E-state index in [1.54, 1.807) is 50.2 Å². The summed E-state index contributed by atoms with van der Waals surface area (Å²) in [5, 5.41) is 29.5. The van der Waals surface area contributed by atoms with Crippen LogP contribution < -0.4 is 15.5 Å². The van der Waals surface area contributed by atoms with Gasteiger partial charge < -0.3 is 20.6 Å². The van der Waals surface area contributed by atoms with Crippen LogP contribution in [0.25, 0.3) is 0 Å². The van der Waals surface area contributed by atoms with E-state index >= 15 is 0 Å². The maximum atomic E-state index is 13.0. The summed E-state index contributed by atoms with van der Waals surface area (Å²) in [5.41, 5.74) is -0.923. The van der Waals surface area contributed by atoms with Gasteiger partial charge in [0.2, 0.25) is 5.91 Å². The number of nitrogens with one attached hydrogen (secondary N) is 2. The number of hydrogen-bond acceptors (Lipinski definition) is 7. The van der Waals surface area contributed by atoms with Crippen molar-refractivity contribution in [2.45, 2.75) is 38.7 Å². The fourth-order valence-electron chi connectivity index (χ4n) is 4.05. The molecule has 1 saturated heterocycles. The first-order valence-corrected chi connectivity index (χ1v) is 10.6. The molecule has 10 nitrogen and oxygen atoms in total. The molecule has 0 spiro atoms. The van der Waals surface area contributed by atoms with Crippen LogP contribution in [-0.2, 0) is 11.8 Å². The molecule has 1 aliphatic heterocycles. The van der Waals surface area contributed by atoms with E-state index in [-0.39, 0.29) is 24.3 Å². The minimum absolute atomic E-state index is 0.109. The average molecular weight is 438 g/mol. The third-order valence-corrected chi connectivity index (χ3v) is 5.94. The predicted molar refractivity (Wildman–Crippen MR) is 117 cm³/mol. The Hall–Kier alpha value is -3.45. The number of rotatable bonds is 7. The molecule has 2 fully saturated rings. The molecule has 10 heteroatoms. The highest BCUT2D eigenvalue weighted by Crippen LogP contribution is 2.51. The van der Waals surface area contributed by atoms with Crippen molar-refractivity contribution in [3.63, 3.8) is 0 Å². The van der Waals surface area contributed by atoms with Crippen molar-refractivity contribution in [1.29, 1.82) is 5.26 Å². The van der Waals surface area contributed by atoms with Gasteiger partial charge >= 0.3 is 0 Å². The highest BCUT2D eigenvalue weighted by Gasteiger charge is 2.56. The summed E-state index contributed by atoms with van der Waals surface area (Å²) >= 11 is 0. The predicted octanol–water partition coefficient (Wildman–Crippen LogP) is 1.72. The van der Waals surface area contributed by atoms with E-state index in [0.29, 0.717) is 36.0 Å². The van der Waals surface area contributed by atoms with Crippen molar-refractivity contribution in [2.24, 2.45) is 18.4 Å². The lowest BCUT2D eigenvalue weighted by Crippen LogP contribution is -2.38. The van der Waals surface area contributed by atoms with Crippen molar-refractivity contribution in [2.75, 3.05) is 23.3 Å². The van der Waals surface area contributed by atoms with Gasteiger partial charge in [-0.1, -0.05) is 0 Å². The van der Waals surface area contributed by atoms with Crippen molar-refractivity contribution in [3.8, 4) is 6.07 Å². The number of pyridine rings is 1. The minimum Gasteiger partial charge on any atom is -0.389 e. The van der Waals surface area contributed by atoms with Gasteiger partial charge in [-0.15, -0.1) is 0 Å². The van der Waals surface area contributed by atoms with E-state index in [1.165, 1.54) is 4.68 Å². The first kappa shape index (κ1) is 21.8. The van der Waals surface area contributed by atoms with Gasteiger partial charge in [0.25, 0.3) is 5.91 Å². The van der Waals surface area contributed by atoms with Crippen molar-refractivity contribution in [3.05, 3.63) is 30.1 Å². The molecule has 0 aromatic carbocycles. The number of aryl methyl sites for hydroxylation is 1. The normalized spacial score (nSPS) is 20.8. The van der Waals surface area contributed by atoms with Crippen LogP contribution in [0.4, 0.5) is 17.3 Å². The lowest BCUT2D eigenvalue weighted by molar-refractivity contribution is -0.123. The first-order chi connectivity index (χ1) is 15.1. The van der Waals surface area contributed by atoms with E-state index in [4.69, 9.17) is 0 Å². The van der Waals surface area contributed by atoms with E-state index in [9.17, 15) is 20.0 Å². The Morgan fingerprint density at radius 2 is 2.12 bits per heavy atom. The number of carbonyl (C=O) groups excluding carboxylic acids is 2. The molecular weight excluding hydrogens is 410 g/mol. The summed E-state index contributed by atoms with van der Waals surface area (Å²) in [6, 6.07) is 7.36. The van der Waals surface area contributed by atoms with Crippen molar-refractivity contribution >= 4 is 29.1 Å². The van der Waals surface area contributed by atoms with Gasteiger partial charge in [0, 0.05) is 44.2 Å². The second kappa shape index (κ2) is 7.91. The monoisotopic (exact) mass is 437 g/mol. The summed E-state index contributed by atoms with van der Waals surface area (Å²) in [4.78, 5) is 31.4. The maximum Gasteiger partial charge on any atom is 0.269 e. The molecular formula is C22H27N7O3. The highest BCUT2D eigenvalue weighted by atomic mass is 16.3. The molecule has 3 N–H and O–H groups in total. The average Bonchev–Trinajstić information content (AvgIpc) is 3.45.